The lowest BCUT2D eigenvalue weighted by atomic mass is 9.60. The molecule has 43 heavy (non-hydrogen) atoms. The van der Waals surface area contributed by atoms with E-state index in [1.165, 1.54) is 11.0 Å². The number of imide groups is 1. The number of piperidine rings is 3. The molecule has 6 rings (SSSR count). The van der Waals surface area contributed by atoms with Crippen molar-refractivity contribution in [2.45, 2.75) is 63.3 Å². The Morgan fingerprint density at radius 3 is 2.56 bits per heavy atom. The van der Waals surface area contributed by atoms with E-state index in [0.717, 1.165) is 51.7 Å². The van der Waals surface area contributed by atoms with E-state index < -0.39 is 17.6 Å². The first-order valence-corrected chi connectivity index (χ1v) is 15.3. The number of hydrogen-bond acceptors (Lipinski definition) is 6. The first kappa shape index (κ1) is 29.3. The molecule has 1 spiro atoms. The number of hydrogen-bond donors (Lipinski definition) is 2. The number of amides is 4. The zero-order valence-corrected chi connectivity index (χ0v) is 24.6. The summed E-state index contributed by atoms with van der Waals surface area (Å²) in [5, 5.41) is 5.49. The minimum absolute atomic E-state index is 0.0580. The normalized spacial score (nSPS) is 24.4. The van der Waals surface area contributed by atoms with Crippen LogP contribution in [0.2, 0.25) is 0 Å². The summed E-state index contributed by atoms with van der Waals surface area (Å²) in [6.07, 6.45) is 5.96. The van der Waals surface area contributed by atoms with E-state index in [1.54, 1.807) is 31.4 Å². The van der Waals surface area contributed by atoms with Crippen LogP contribution >= 0.6 is 0 Å². The molecule has 2 N–H and O–H groups in total. The van der Waals surface area contributed by atoms with Crippen molar-refractivity contribution in [3.05, 3.63) is 59.4 Å². The zero-order valence-electron chi connectivity index (χ0n) is 24.6. The lowest BCUT2D eigenvalue weighted by Crippen LogP contribution is -2.55. The molecule has 0 aromatic heterocycles. The summed E-state index contributed by atoms with van der Waals surface area (Å²) in [7, 11) is 1.59. The summed E-state index contributed by atoms with van der Waals surface area (Å²) < 4.78 is 20.4. The molecule has 2 aromatic carbocycles. The molecule has 1 aliphatic carbocycles. The maximum atomic E-state index is 15.1. The van der Waals surface area contributed by atoms with Crippen LogP contribution in [0.3, 0.4) is 0 Å². The van der Waals surface area contributed by atoms with Crippen molar-refractivity contribution in [3.63, 3.8) is 0 Å². The molecule has 3 aliphatic heterocycles. The summed E-state index contributed by atoms with van der Waals surface area (Å²) in [5.74, 6) is -1.02. The molecule has 2 unspecified atom stereocenters. The SMILES string of the molecule is COc1cccc(C(=O)NC2CC3(CCN(CC4CCN(c5ccc(C6CCC(=O)NC6=O)cc5F)C(=O)C4)CC3)C2)c1. The zero-order chi connectivity index (χ0) is 30.1. The molecule has 0 radical (unpaired) electrons. The average Bonchev–Trinajstić information content (AvgIpc) is 2.98. The Morgan fingerprint density at radius 1 is 1.07 bits per heavy atom. The van der Waals surface area contributed by atoms with E-state index in [1.807, 2.05) is 12.1 Å². The van der Waals surface area contributed by atoms with Crippen LogP contribution in [0, 0.1) is 17.2 Å². The fourth-order valence-electron chi connectivity index (χ4n) is 7.38. The Labute approximate surface area is 251 Å². The maximum absolute atomic E-state index is 15.1. The summed E-state index contributed by atoms with van der Waals surface area (Å²) in [6, 6.07) is 12.0. The average molecular weight is 591 g/mol. The Kier molecular flexibility index (Phi) is 8.22. The van der Waals surface area contributed by atoms with Gasteiger partial charge in [-0.05, 0) is 98.8 Å². The number of halogens is 1. The minimum Gasteiger partial charge on any atom is -0.497 e. The van der Waals surface area contributed by atoms with Gasteiger partial charge in [-0.3, -0.25) is 24.5 Å². The Morgan fingerprint density at radius 2 is 1.86 bits per heavy atom. The van der Waals surface area contributed by atoms with Gasteiger partial charge in [-0.25, -0.2) is 4.39 Å². The van der Waals surface area contributed by atoms with Crippen LogP contribution in [-0.4, -0.2) is 67.9 Å². The minimum atomic E-state index is -0.560. The lowest BCUT2D eigenvalue weighted by Gasteiger charge is -2.52. The number of rotatable bonds is 7. The Bertz CT molecular complexity index is 1410. The number of likely N-dealkylation sites (tertiary alicyclic amines) is 1. The number of benzene rings is 2. The van der Waals surface area contributed by atoms with E-state index in [2.05, 4.69) is 15.5 Å². The molecule has 3 saturated heterocycles. The predicted molar refractivity (Wildman–Crippen MR) is 158 cm³/mol. The monoisotopic (exact) mass is 590 g/mol. The van der Waals surface area contributed by atoms with Crippen molar-refractivity contribution in [3.8, 4) is 5.75 Å². The third kappa shape index (κ3) is 6.30. The van der Waals surface area contributed by atoms with Crippen LogP contribution in [0.4, 0.5) is 10.1 Å². The van der Waals surface area contributed by atoms with Gasteiger partial charge in [0, 0.05) is 37.5 Å². The van der Waals surface area contributed by atoms with Crippen molar-refractivity contribution >= 4 is 29.3 Å². The van der Waals surface area contributed by atoms with Crippen LogP contribution in [0.15, 0.2) is 42.5 Å². The van der Waals surface area contributed by atoms with Crippen LogP contribution < -0.4 is 20.3 Å². The van der Waals surface area contributed by atoms with Gasteiger partial charge < -0.3 is 19.9 Å². The third-order valence-electron chi connectivity index (χ3n) is 9.89. The van der Waals surface area contributed by atoms with Crippen molar-refractivity contribution in [2.75, 3.05) is 38.2 Å². The fourth-order valence-corrected chi connectivity index (χ4v) is 7.38. The maximum Gasteiger partial charge on any atom is 0.251 e. The van der Waals surface area contributed by atoms with Crippen molar-refractivity contribution in [2.24, 2.45) is 11.3 Å². The van der Waals surface area contributed by atoms with Gasteiger partial charge in [-0.1, -0.05) is 12.1 Å². The van der Waals surface area contributed by atoms with E-state index in [4.69, 9.17) is 4.74 Å². The van der Waals surface area contributed by atoms with Gasteiger partial charge in [0.1, 0.15) is 11.6 Å². The highest BCUT2D eigenvalue weighted by Crippen LogP contribution is 2.49. The summed E-state index contributed by atoms with van der Waals surface area (Å²) in [6.45, 7) is 3.30. The second-order valence-electron chi connectivity index (χ2n) is 12.7. The van der Waals surface area contributed by atoms with Crippen LogP contribution in [0.5, 0.6) is 5.75 Å². The van der Waals surface area contributed by atoms with Crippen LogP contribution in [0.25, 0.3) is 0 Å². The Hall–Kier alpha value is -3.79. The molecular weight excluding hydrogens is 551 g/mol. The highest BCUT2D eigenvalue weighted by Gasteiger charge is 2.46. The van der Waals surface area contributed by atoms with Gasteiger partial charge in [-0.2, -0.15) is 0 Å². The first-order valence-electron chi connectivity index (χ1n) is 15.3. The number of carbonyl (C=O) groups is 4. The number of methoxy groups -OCH3 is 1. The molecule has 9 nitrogen and oxygen atoms in total. The lowest BCUT2D eigenvalue weighted by molar-refractivity contribution is -0.134. The van der Waals surface area contributed by atoms with Gasteiger partial charge in [-0.15, -0.1) is 0 Å². The number of nitrogens with zero attached hydrogens (tertiary/aromatic N) is 2. The largest absolute Gasteiger partial charge is 0.497 e. The molecule has 2 atom stereocenters. The van der Waals surface area contributed by atoms with Gasteiger partial charge >= 0.3 is 0 Å². The predicted octanol–water partition coefficient (Wildman–Crippen LogP) is 3.77. The fraction of sp³-hybridized carbons (Fsp3) is 0.515. The summed E-state index contributed by atoms with van der Waals surface area (Å²) >= 11 is 0. The molecule has 2 aromatic rings. The topological polar surface area (TPSA) is 108 Å². The molecular formula is C33H39FN4O5. The number of nitrogens with one attached hydrogen (secondary N) is 2. The second kappa shape index (κ2) is 12.1. The highest BCUT2D eigenvalue weighted by molar-refractivity contribution is 6.01. The molecule has 0 bridgehead atoms. The molecule has 4 amide bonds. The molecule has 228 valence electrons. The van der Waals surface area contributed by atoms with Gasteiger partial charge in [0.2, 0.25) is 17.7 Å². The van der Waals surface area contributed by atoms with Crippen molar-refractivity contribution in [1.82, 2.24) is 15.5 Å². The molecule has 4 fully saturated rings. The van der Waals surface area contributed by atoms with Gasteiger partial charge in [0.25, 0.3) is 5.91 Å². The number of anilines is 1. The molecule has 1 saturated carbocycles. The number of ether oxygens (including phenoxy) is 1. The van der Waals surface area contributed by atoms with Gasteiger partial charge in [0.05, 0.1) is 18.7 Å². The van der Waals surface area contributed by atoms with E-state index in [-0.39, 0.29) is 41.8 Å². The molecule has 3 heterocycles. The molecule has 4 aliphatic rings. The second-order valence-corrected chi connectivity index (χ2v) is 12.7. The standard InChI is InChI=1S/C33H39FN4O5/c1-43-25-4-2-3-23(16-25)31(41)35-24-18-33(19-24)10-13-37(14-11-33)20-21-9-12-38(30(40)15-21)28-7-5-22(17-27(28)34)26-6-8-29(39)36-32(26)42/h2-5,7,16-17,21,24,26H,6,8-15,18-20H2,1H3,(H,35,41)(H,36,39,42). The van der Waals surface area contributed by atoms with Crippen LogP contribution in [-0.2, 0) is 14.4 Å². The first-order chi connectivity index (χ1) is 20.7. The Balaban J connectivity index is 0.950. The third-order valence-corrected chi connectivity index (χ3v) is 9.89. The summed E-state index contributed by atoms with van der Waals surface area (Å²) in [5.41, 5.74) is 1.67. The van der Waals surface area contributed by atoms with E-state index in [0.29, 0.717) is 41.7 Å². The summed E-state index contributed by atoms with van der Waals surface area (Å²) in [4.78, 5) is 53.4. The van der Waals surface area contributed by atoms with E-state index >= 15 is 4.39 Å². The smallest absolute Gasteiger partial charge is 0.251 e. The quantitative estimate of drug-likeness (QED) is 0.476. The molecule has 10 heteroatoms. The van der Waals surface area contributed by atoms with Crippen LogP contribution in [0.1, 0.15) is 73.2 Å². The van der Waals surface area contributed by atoms with Crippen molar-refractivity contribution in [1.29, 1.82) is 0 Å². The number of carbonyl (C=O) groups excluding carboxylic acids is 4. The van der Waals surface area contributed by atoms with Crippen molar-refractivity contribution < 1.29 is 28.3 Å². The van der Waals surface area contributed by atoms with E-state index in [9.17, 15) is 19.2 Å². The van der Waals surface area contributed by atoms with Gasteiger partial charge in [0.15, 0.2) is 0 Å². The highest BCUT2D eigenvalue weighted by atomic mass is 19.1.